The molecule has 4 nitrogen and oxygen atoms in total. The molecule has 0 spiro atoms. The van der Waals surface area contributed by atoms with Crippen LogP contribution >= 0.6 is 0 Å². The number of aromatic amines is 1. The lowest BCUT2D eigenvalue weighted by Gasteiger charge is -1.92. The van der Waals surface area contributed by atoms with Gasteiger partial charge in [-0.3, -0.25) is 0 Å². The zero-order valence-electron chi connectivity index (χ0n) is 6.65. The van der Waals surface area contributed by atoms with Crippen LogP contribution in [-0.4, -0.2) is 13.7 Å². The zero-order chi connectivity index (χ0) is 9.42. The Hall–Kier alpha value is -1.33. The predicted octanol–water partition coefficient (Wildman–Crippen LogP) is 1.33. The number of nitrogens with two attached hydrogens (primary N) is 1. The summed E-state index contributed by atoms with van der Waals surface area (Å²) in [5, 5.41) is 0.695. The van der Waals surface area contributed by atoms with E-state index in [1.54, 1.807) is 12.1 Å². The summed E-state index contributed by atoms with van der Waals surface area (Å²) in [6, 6.07) is 7.20. The molecular weight excluding hydrogens is 188 g/mol. The van der Waals surface area contributed by atoms with Crippen LogP contribution in [0.25, 0.3) is 10.9 Å². The van der Waals surface area contributed by atoms with E-state index in [0.29, 0.717) is 5.39 Å². The first-order chi connectivity index (χ1) is 6.20. The van der Waals surface area contributed by atoms with Gasteiger partial charge >= 0.3 is 0 Å². The summed E-state index contributed by atoms with van der Waals surface area (Å²) in [5.74, 6) is 0.252. The normalized spacial score (nSPS) is 13.3. The van der Waals surface area contributed by atoms with Gasteiger partial charge in [0.25, 0.3) is 0 Å². The number of hydrogen-bond donors (Lipinski definition) is 3. The van der Waals surface area contributed by atoms with Crippen LogP contribution in [0.2, 0.25) is 0 Å². The highest BCUT2D eigenvalue weighted by molar-refractivity contribution is 7.79. The predicted molar refractivity (Wildman–Crippen MR) is 51.7 cm³/mol. The number of fused-ring (bicyclic) bond motifs is 1. The molecule has 4 N–H and O–H groups in total. The third-order valence-electron chi connectivity index (χ3n) is 1.86. The Balaban J connectivity index is 2.86. The number of rotatable bonds is 1. The molecule has 2 rings (SSSR count). The van der Waals surface area contributed by atoms with Crippen molar-refractivity contribution in [2.45, 2.75) is 4.90 Å². The summed E-state index contributed by atoms with van der Waals surface area (Å²) in [6.07, 6.45) is 0. The second kappa shape index (κ2) is 2.86. The summed E-state index contributed by atoms with van der Waals surface area (Å²) >= 11 is -2.04. The molecule has 1 aromatic carbocycles. The Morgan fingerprint density at radius 1 is 1.38 bits per heavy atom. The van der Waals surface area contributed by atoms with Crippen LogP contribution in [0.5, 0.6) is 0 Å². The first-order valence-corrected chi connectivity index (χ1v) is 4.78. The first kappa shape index (κ1) is 8.28. The fraction of sp³-hybridized carbons (Fsp3) is 0. The molecule has 0 saturated heterocycles. The van der Waals surface area contributed by atoms with Crippen LogP contribution in [0.15, 0.2) is 29.2 Å². The Morgan fingerprint density at radius 3 is 2.77 bits per heavy atom. The van der Waals surface area contributed by atoms with Gasteiger partial charge < -0.3 is 15.3 Å². The van der Waals surface area contributed by atoms with Crippen LogP contribution in [-0.2, 0) is 11.1 Å². The number of nitrogens with one attached hydrogen (secondary N) is 1. The highest BCUT2D eigenvalue weighted by Crippen LogP contribution is 2.26. The number of H-pyrrole nitrogens is 1. The Morgan fingerprint density at radius 2 is 2.08 bits per heavy atom. The fourth-order valence-electron chi connectivity index (χ4n) is 1.33. The topological polar surface area (TPSA) is 79.1 Å². The van der Waals surface area contributed by atoms with E-state index >= 15 is 0 Å². The third-order valence-corrected chi connectivity index (χ3v) is 2.65. The molecule has 1 atom stereocenters. The molecule has 1 aromatic heterocycles. The minimum absolute atomic E-state index is 0.252. The van der Waals surface area contributed by atoms with E-state index in [-0.39, 0.29) is 10.7 Å². The second-order valence-electron chi connectivity index (χ2n) is 2.66. The highest BCUT2D eigenvalue weighted by atomic mass is 32.2. The molecular formula is C8H8N2O2S. The monoisotopic (exact) mass is 196 g/mol. The van der Waals surface area contributed by atoms with E-state index in [9.17, 15) is 4.21 Å². The molecule has 5 heteroatoms. The summed E-state index contributed by atoms with van der Waals surface area (Å²) < 4.78 is 19.9. The first-order valence-electron chi connectivity index (χ1n) is 3.67. The third kappa shape index (κ3) is 1.22. The van der Waals surface area contributed by atoms with E-state index in [1.807, 2.05) is 12.1 Å². The summed E-state index contributed by atoms with van der Waals surface area (Å²) in [4.78, 5) is 3.09. The Kier molecular flexibility index (Phi) is 1.82. The van der Waals surface area contributed by atoms with Crippen LogP contribution in [0.3, 0.4) is 0 Å². The number of aromatic nitrogens is 1. The van der Waals surface area contributed by atoms with Crippen molar-refractivity contribution in [2.75, 3.05) is 5.73 Å². The standard InChI is InChI=1S/C8H8N2O2S/c9-8-7(13(11)12)5-3-1-2-4-6(5)10-8/h1-4,10H,9H2,(H,11,12). The second-order valence-corrected chi connectivity index (χ2v) is 3.57. The van der Waals surface area contributed by atoms with Gasteiger partial charge in [-0.1, -0.05) is 18.2 Å². The maximum atomic E-state index is 10.9. The molecule has 0 aliphatic carbocycles. The average Bonchev–Trinajstić information content (AvgIpc) is 2.39. The van der Waals surface area contributed by atoms with Crippen molar-refractivity contribution in [1.82, 2.24) is 4.98 Å². The molecule has 1 heterocycles. The molecule has 0 fully saturated rings. The van der Waals surface area contributed by atoms with E-state index in [2.05, 4.69) is 4.98 Å². The van der Waals surface area contributed by atoms with Crippen molar-refractivity contribution in [3.8, 4) is 0 Å². The number of para-hydroxylation sites is 1. The smallest absolute Gasteiger partial charge is 0.190 e. The van der Waals surface area contributed by atoms with Gasteiger partial charge in [-0.05, 0) is 6.07 Å². The van der Waals surface area contributed by atoms with Gasteiger partial charge in [0.05, 0.1) is 0 Å². The number of nitrogen functional groups attached to an aromatic ring is 1. The lowest BCUT2D eigenvalue weighted by atomic mass is 10.2. The largest absolute Gasteiger partial charge is 0.384 e. The Labute approximate surface area is 77.0 Å². The molecule has 0 amide bonds. The van der Waals surface area contributed by atoms with Crippen LogP contribution in [0.4, 0.5) is 5.82 Å². The number of anilines is 1. The van der Waals surface area contributed by atoms with Crippen LogP contribution < -0.4 is 5.73 Å². The fourth-order valence-corrected chi connectivity index (χ4v) is 1.93. The average molecular weight is 196 g/mol. The maximum absolute atomic E-state index is 10.9. The van der Waals surface area contributed by atoms with Crippen molar-refractivity contribution in [3.63, 3.8) is 0 Å². The van der Waals surface area contributed by atoms with Gasteiger partial charge in [-0.15, -0.1) is 0 Å². The van der Waals surface area contributed by atoms with Gasteiger partial charge in [-0.2, -0.15) is 0 Å². The molecule has 0 radical (unpaired) electrons. The molecule has 0 aliphatic rings. The van der Waals surface area contributed by atoms with E-state index in [4.69, 9.17) is 10.3 Å². The van der Waals surface area contributed by atoms with Crippen LogP contribution in [0.1, 0.15) is 0 Å². The van der Waals surface area contributed by atoms with Gasteiger partial charge in [0, 0.05) is 10.9 Å². The minimum Gasteiger partial charge on any atom is -0.384 e. The van der Waals surface area contributed by atoms with Crippen molar-refractivity contribution >= 4 is 27.8 Å². The summed E-state index contributed by atoms with van der Waals surface area (Å²) in [6.45, 7) is 0. The molecule has 0 aliphatic heterocycles. The van der Waals surface area contributed by atoms with Gasteiger partial charge in [0.15, 0.2) is 11.1 Å². The van der Waals surface area contributed by atoms with Crippen molar-refractivity contribution in [2.24, 2.45) is 0 Å². The quantitative estimate of drug-likeness (QED) is 0.602. The van der Waals surface area contributed by atoms with Crippen molar-refractivity contribution in [1.29, 1.82) is 0 Å². The van der Waals surface area contributed by atoms with E-state index in [1.165, 1.54) is 0 Å². The Bertz CT molecular complexity index is 478. The lowest BCUT2D eigenvalue weighted by Crippen LogP contribution is -1.93. The van der Waals surface area contributed by atoms with Gasteiger partial charge in [0.1, 0.15) is 10.7 Å². The molecule has 2 aromatic rings. The maximum Gasteiger partial charge on any atom is 0.190 e. The molecule has 68 valence electrons. The SMILES string of the molecule is Nc1[nH]c2ccccc2c1S(=O)O. The lowest BCUT2D eigenvalue weighted by molar-refractivity contribution is 0.566. The van der Waals surface area contributed by atoms with E-state index < -0.39 is 11.1 Å². The van der Waals surface area contributed by atoms with Crippen LogP contribution in [0, 0.1) is 0 Å². The summed E-state index contributed by atoms with van der Waals surface area (Å²) in [7, 11) is 0. The minimum atomic E-state index is -2.04. The van der Waals surface area contributed by atoms with Crippen molar-refractivity contribution < 1.29 is 8.76 Å². The highest BCUT2D eigenvalue weighted by Gasteiger charge is 2.12. The zero-order valence-corrected chi connectivity index (χ0v) is 7.47. The molecule has 0 bridgehead atoms. The molecule has 0 saturated carbocycles. The van der Waals surface area contributed by atoms with Gasteiger partial charge in [-0.25, -0.2) is 4.21 Å². The number of benzene rings is 1. The number of hydrogen-bond acceptors (Lipinski definition) is 2. The van der Waals surface area contributed by atoms with Gasteiger partial charge in [0.2, 0.25) is 0 Å². The summed E-state index contributed by atoms with van der Waals surface area (Å²) in [5.41, 5.74) is 6.32. The molecule has 13 heavy (non-hydrogen) atoms. The van der Waals surface area contributed by atoms with E-state index in [0.717, 1.165) is 5.52 Å². The van der Waals surface area contributed by atoms with Crippen molar-refractivity contribution in [3.05, 3.63) is 24.3 Å². The molecule has 1 unspecified atom stereocenters.